The molecule has 0 unspecified atom stereocenters. The number of hydrogen-bond acceptors (Lipinski definition) is 2. The van der Waals surface area contributed by atoms with Crippen LogP contribution in [0.2, 0.25) is 0 Å². The fourth-order valence-corrected chi connectivity index (χ4v) is 3.41. The van der Waals surface area contributed by atoms with Gasteiger partial charge in [0.15, 0.2) is 6.04 Å². The van der Waals surface area contributed by atoms with Crippen LogP contribution in [0.1, 0.15) is 32.1 Å². The summed E-state index contributed by atoms with van der Waals surface area (Å²) in [5, 5.41) is 2.12. The van der Waals surface area contributed by atoms with Gasteiger partial charge in [0.05, 0.1) is 18.2 Å². The monoisotopic (exact) mass is 337 g/mol. The lowest BCUT2D eigenvalue weighted by Gasteiger charge is -2.16. The molecule has 4 nitrogen and oxygen atoms in total. The summed E-state index contributed by atoms with van der Waals surface area (Å²) in [6, 6.07) is 7.60. The van der Waals surface area contributed by atoms with E-state index in [1.54, 1.807) is 12.1 Å². The molecule has 106 valence electrons. The number of nitrogens with two attached hydrogens (primary N) is 1. The number of hydrogen-bond donors (Lipinski definition) is 1. The molecular weight excluding hydrogens is 320 g/mol. The molecule has 0 bridgehead atoms. The molecule has 20 heavy (non-hydrogen) atoms. The number of rotatable bonds is 3. The summed E-state index contributed by atoms with van der Waals surface area (Å²) < 4.78 is 0.939. The van der Waals surface area contributed by atoms with Crippen molar-refractivity contribution in [2.75, 3.05) is 4.90 Å². The maximum absolute atomic E-state index is 12.5. The molecule has 1 atom stereocenters. The first kappa shape index (κ1) is 13.8. The van der Waals surface area contributed by atoms with Crippen LogP contribution in [0, 0.1) is 0 Å². The fourth-order valence-electron chi connectivity index (χ4n) is 3.15. The van der Waals surface area contributed by atoms with E-state index in [1.165, 1.54) is 17.7 Å². The largest absolute Gasteiger partial charge is 0.333 e. The van der Waals surface area contributed by atoms with Gasteiger partial charge in [-0.3, -0.25) is 9.59 Å². The van der Waals surface area contributed by atoms with Gasteiger partial charge in [-0.25, -0.2) is 4.90 Å². The molecule has 2 fully saturated rings. The van der Waals surface area contributed by atoms with Crippen molar-refractivity contribution in [3.63, 3.8) is 0 Å². The molecule has 1 saturated heterocycles. The number of amides is 2. The minimum absolute atomic E-state index is 0.0655. The number of imide groups is 1. The third-order valence-corrected chi connectivity index (χ3v) is 4.70. The molecule has 1 saturated carbocycles. The molecule has 1 aliphatic carbocycles. The van der Waals surface area contributed by atoms with Gasteiger partial charge in [-0.15, -0.1) is 0 Å². The minimum atomic E-state index is -0.228. The Morgan fingerprint density at radius 1 is 1.10 bits per heavy atom. The summed E-state index contributed by atoms with van der Waals surface area (Å²) in [6.07, 6.45) is 5.14. The van der Waals surface area contributed by atoms with Crippen LogP contribution in [0.4, 0.5) is 5.69 Å². The van der Waals surface area contributed by atoms with Crippen molar-refractivity contribution in [3.05, 3.63) is 28.7 Å². The van der Waals surface area contributed by atoms with Gasteiger partial charge in [0.25, 0.3) is 5.91 Å². The molecule has 2 amide bonds. The van der Waals surface area contributed by atoms with Gasteiger partial charge in [0.1, 0.15) is 0 Å². The van der Waals surface area contributed by atoms with E-state index in [1.807, 2.05) is 12.1 Å². The smallest absolute Gasteiger partial charge is 0.292 e. The molecule has 1 aromatic carbocycles. The second-order valence-corrected chi connectivity index (χ2v) is 6.51. The fraction of sp³-hybridized carbons (Fsp3) is 0.467. The van der Waals surface area contributed by atoms with Crippen molar-refractivity contribution in [1.29, 1.82) is 0 Å². The summed E-state index contributed by atoms with van der Waals surface area (Å²) in [4.78, 5) is 25.9. The molecule has 2 N–H and O–H groups in total. The van der Waals surface area contributed by atoms with E-state index in [9.17, 15) is 9.59 Å². The zero-order chi connectivity index (χ0) is 14.1. The van der Waals surface area contributed by atoms with Gasteiger partial charge in [-0.05, 0) is 49.9 Å². The molecule has 3 rings (SSSR count). The highest BCUT2D eigenvalue weighted by Crippen LogP contribution is 2.24. The predicted molar refractivity (Wildman–Crippen MR) is 79.2 cm³/mol. The third-order valence-electron chi connectivity index (χ3n) is 4.17. The number of benzene rings is 1. The second-order valence-electron chi connectivity index (χ2n) is 5.59. The van der Waals surface area contributed by atoms with Gasteiger partial charge < -0.3 is 5.32 Å². The Morgan fingerprint density at radius 3 is 2.40 bits per heavy atom. The molecule has 1 heterocycles. The Labute approximate surface area is 126 Å². The average molecular weight is 338 g/mol. The van der Waals surface area contributed by atoms with Crippen molar-refractivity contribution >= 4 is 33.4 Å². The van der Waals surface area contributed by atoms with Crippen LogP contribution in [0.5, 0.6) is 0 Å². The quantitative estimate of drug-likeness (QED) is 0.851. The Morgan fingerprint density at radius 2 is 1.75 bits per heavy atom. The van der Waals surface area contributed by atoms with Crippen molar-refractivity contribution in [1.82, 2.24) is 0 Å². The van der Waals surface area contributed by atoms with Crippen molar-refractivity contribution in [3.8, 4) is 0 Å². The highest BCUT2D eigenvalue weighted by Gasteiger charge is 2.43. The van der Waals surface area contributed by atoms with Gasteiger partial charge in [-0.1, -0.05) is 15.9 Å². The van der Waals surface area contributed by atoms with Crippen LogP contribution in [0.15, 0.2) is 28.7 Å². The molecule has 1 aromatic rings. The maximum Gasteiger partial charge on any atom is 0.292 e. The highest BCUT2D eigenvalue weighted by molar-refractivity contribution is 9.10. The summed E-state index contributed by atoms with van der Waals surface area (Å²) in [5.41, 5.74) is 0.672. The SMILES string of the molecule is O=C1C[C@@H]([NH2+]C2CCCC2)C(=O)N1c1ccc(Br)cc1. The first-order valence-electron chi connectivity index (χ1n) is 7.12. The van der Waals surface area contributed by atoms with Crippen LogP contribution in [-0.2, 0) is 9.59 Å². The molecule has 0 radical (unpaired) electrons. The van der Waals surface area contributed by atoms with E-state index in [2.05, 4.69) is 21.2 Å². The lowest BCUT2D eigenvalue weighted by Crippen LogP contribution is -2.95. The van der Waals surface area contributed by atoms with Crippen LogP contribution in [-0.4, -0.2) is 23.9 Å². The van der Waals surface area contributed by atoms with E-state index in [-0.39, 0.29) is 17.9 Å². The van der Waals surface area contributed by atoms with E-state index in [0.29, 0.717) is 18.2 Å². The second kappa shape index (κ2) is 5.66. The van der Waals surface area contributed by atoms with E-state index in [4.69, 9.17) is 0 Å². The molecule has 0 spiro atoms. The Kier molecular flexibility index (Phi) is 3.89. The highest BCUT2D eigenvalue weighted by atomic mass is 79.9. The van der Waals surface area contributed by atoms with Gasteiger partial charge in [0.2, 0.25) is 5.91 Å². The lowest BCUT2D eigenvalue weighted by atomic mass is 10.2. The third kappa shape index (κ3) is 2.65. The van der Waals surface area contributed by atoms with E-state index >= 15 is 0 Å². The zero-order valence-electron chi connectivity index (χ0n) is 11.2. The molecular formula is C15H18BrN2O2+. The molecule has 1 aliphatic heterocycles. The van der Waals surface area contributed by atoms with Crippen LogP contribution in [0.3, 0.4) is 0 Å². The van der Waals surface area contributed by atoms with Crippen molar-refractivity contribution in [2.45, 2.75) is 44.2 Å². The Balaban J connectivity index is 1.74. The Hall–Kier alpha value is -1.20. The van der Waals surface area contributed by atoms with Gasteiger partial charge in [-0.2, -0.15) is 0 Å². The van der Waals surface area contributed by atoms with Gasteiger partial charge in [0, 0.05) is 4.47 Å². The maximum atomic E-state index is 12.5. The Bertz CT molecular complexity index is 523. The summed E-state index contributed by atoms with van der Waals surface area (Å²) >= 11 is 3.36. The normalized spacial score (nSPS) is 23.9. The van der Waals surface area contributed by atoms with Crippen molar-refractivity contribution in [2.24, 2.45) is 0 Å². The zero-order valence-corrected chi connectivity index (χ0v) is 12.8. The predicted octanol–water partition coefficient (Wildman–Crippen LogP) is 1.59. The summed E-state index contributed by atoms with van der Waals surface area (Å²) in [5.74, 6) is -0.152. The number of nitrogens with zero attached hydrogens (tertiary/aromatic N) is 1. The van der Waals surface area contributed by atoms with E-state index < -0.39 is 0 Å². The lowest BCUT2D eigenvalue weighted by molar-refractivity contribution is -0.706. The number of carbonyl (C=O) groups excluding carboxylic acids is 2. The molecule has 0 aromatic heterocycles. The van der Waals surface area contributed by atoms with Crippen LogP contribution < -0.4 is 10.2 Å². The van der Waals surface area contributed by atoms with Crippen LogP contribution >= 0.6 is 15.9 Å². The van der Waals surface area contributed by atoms with Crippen molar-refractivity contribution < 1.29 is 14.9 Å². The average Bonchev–Trinajstić information content (AvgIpc) is 3.02. The topological polar surface area (TPSA) is 54.0 Å². The van der Waals surface area contributed by atoms with Crippen LogP contribution in [0.25, 0.3) is 0 Å². The summed E-state index contributed by atoms with van der Waals surface area (Å²) in [6.45, 7) is 0. The number of halogens is 1. The number of quaternary nitrogens is 1. The van der Waals surface area contributed by atoms with Gasteiger partial charge >= 0.3 is 0 Å². The number of anilines is 1. The number of carbonyl (C=O) groups is 2. The summed E-state index contributed by atoms with van der Waals surface area (Å²) in [7, 11) is 0. The standard InChI is InChI=1S/C15H17BrN2O2/c16-10-5-7-12(8-6-10)18-14(19)9-13(15(18)20)17-11-3-1-2-4-11/h5-8,11,13,17H,1-4,9H2/p+1/t13-/m1/s1. The minimum Gasteiger partial charge on any atom is -0.333 e. The molecule has 5 heteroatoms. The first-order valence-corrected chi connectivity index (χ1v) is 7.92. The molecule has 2 aliphatic rings. The van der Waals surface area contributed by atoms with E-state index in [0.717, 1.165) is 17.3 Å². The first-order chi connectivity index (χ1) is 9.65.